The van der Waals surface area contributed by atoms with Gasteiger partial charge in [-0.2, -0.15) is 0 Å². The number of hydrogen-bond acceptors (Lipinski definition) is 6. The topological polar surface area (TPSA) is 96.4 Å². The predicted molar refractivity (Wildman–Crippen MR) is 113 cm³/mol. The molecule has 0 saturated carbocycles. The molecule has 142 valence electrons. The second kappa shape index (κ2) is 7.78. The monoisotopic (exact) mass is 431 g/mol. The highest BCUT2D eigenvalue weighted by molar-refractivity contribution is 7.98. The molecule has 28 heavy (non-hydrogen) atoms. The van der Waals surface area contributed by atoms with Crippen LogP contribution in [0.4, 0.5) is 0 Å². The predicted octanol–water partition coefficient (Wildman–Crippen LogP) is 3.67. The molecule has 0 radical (unpaired) electrons. The zero-order chi connectivity index (χ0) is 19.7. The van der Waals surface area contributed by atoms with Gasteiger partial charge in [0.2, 0.25) is 0 Å². The number of aromatic nitrogens is 5. The number of fused-ring (bicyclic) bond motifs is 1. The lowest BCUT2D eigenvalue weighted by molar-refractivity contribution is 0.702. The molecule has 0 aliphatic heterocycles. The summed E-state index contributed by atoms with van der Waals surface area (Å²) in [4.78, 5) is 32.5. The number of nitrogens with zero attached hydrogens (tertiary/aromatic N) is 3. The first-order valence-corrected chi connectivity index (χ1v) is 10.5. The number of halogens is 1. The van der Waals surface area contributed by atoms with E-state index in [-0.39, 0.29) is 11.2 Å². The maximum Gasteiger partial charge on any atom is 0.344 e. The Morgan fingerprint density at radius 3 is 2.89 bits per heavy atom. The molecule has 0 atom stereocenters. The number of hydrogen-bond donors (Lipinski definition) is 2. The molecule has 7 nitrogen and oxygen atoms in total. The molecular weight excluding hydrogens is 418 g/mol. The number of rotatable bonds is 6. The van der Waals surface area contributed by atoms with Crippen molar-refractivity contribution < 1.29 is 0 Å². The van der Waals surface area contributed by atoms with Crippen LogP contribution in [0.2, 0.25) is 5.02 Å². The summed E-state index contributed by atoms with van der Waals surface area (Å²) >= 11 is 8.98. The number of H-pyrrole nitrogens is 2. The van der Waals surface area contributed by atoms with Gasteiger partial charge in [0.1, 0.15) is 10.7 Å². The van der Waals surface area contributed by atoms with Gasteiger partial charge >= 0.3 is 5.69 Å². The summed E-state index contributed by atoms with van der Waals surface area (Å²) < 4.78 is 1.47. The van der Waals surface area contributed by atoms with Crippen LogP contribution in [0.5, 0.6) is 0 Å². The Bertz CT molecular complexity index is 1290. The molecular formula is C18H14ClN5O2S2. The molecule has 0 saturated heterocycles. The Balaban J connectivity index is 1.66. The van der Waals surface area contributed by atoms with Crippen molar-refractivity contribution in [2.24, 2.45) is 0 Å². The van der Waals surface area contributed by atoms with Crippen molar-refractivity contribution in [2.75, 3.05) is 0 Å². The fourth-order valence-corrected chi connectivity index (χ4v) is 4.80. The fourth-order valence-electron chi connectivity index (χ4n) is 2.78. The van der Waals surface area contributed by atoms with E-state index in [0.29, 0.717) is 38.5 Å². The average Bonchev–Trinajstić information content (AvgIpc) is 3.25. The minimum Gasteiger partial charge on any atom is -0.309 e. The van der Waals surface area contributed by atoms with Crippen LogP contribution in [0.15, 0.2) is 57.0 Å². The van der Waals surface area contributed by atoms with Gasteiger partial charge < -0.3 is 4.98 Å². The third-order valence-electron chi connectivity index (χ3n) is 4.03. The highest BCUT2D eigenvalue weighted by Crippen LogP contribution is 2.35. The third-order valence-corrected chi connectivity index (χ3v) is 6.22. The van der Waals surface area contributed by atoms with E-state index in [1.807, 2.05) is 23.6 Å². The minimum atomic E-state index is -0.304. The lowest BCUT2D eigenvalue weighted by Crippen LogP contribution is -2.16. The number of allylic oxidation sites excluding steroid dienone is 1. The molecule has 10 heteroatoms. The van der Waals surface area contributed by atoms with Crippen molar-refractivity contribution >= 4 is 44.9 Å². The van der Waals surface area contributed by atoms with Gasteiger partial charge in [-0.3, -0.25) is 9.36 Å². The highest BCUT2D eigenvalue weighted by atomic mass is 35.5. The number of benzene rings is 1. The van der Waals surface area contributed by atoms with Gasteiger partial charge in [0, 0.05) is 28.1 Å². The summed E-state index contributed by atoms with van der Waals surface area (Å²) in [5.41, 5.74) is 1.05. The zero-order valence-electron chi connectivity index (χ0n) is 14.4. The maximum absolute atomic E-state index is 12.7. The normalized spacial score (nSPS) is 11.2. The molecule has 0 fully saturated rings. The van der Waals surface area contributed by atoms with E-state index in [9.17, 15) is 9.59 Å². The van der Waals surface area contributed by atoms with Crippen molar-refractivity contribution in [1.82, 2.24) is 24.7 Å². The minimum absolute atomic E-state index is 0.220. The summed E-state index contributed by atoms with van der Waals surface area (Å²) in [6, 6.07) is 7.40. The first-order valence-electron chi connectivity index (χ1n) is 8.22. The van der Waals surface area contributed by atoms with Crippen LogP contribution in [-0.2, 0) is 12.3 Å². The number of aromatic amines is 2. The SMILES string of the molecule is C=CCn1c(SCc2nc3scc(-c4ccccc4Cl)c3c(=O)[nH]2)n[nH]c1=O. The molecule has 0 aliphatic carbocycles. The second-order valence-electron chi connectivity index (χ2n) is 5.82. The fraction of sp³-hybridized carbons (Fsp3) is 0.111. The molecule has 0 unspecified atom stereocenters. The number of thiophene rings is 1. The first-order chi connectivity index (χ1) is 13.6. The van der Waals surface area contributed by atoms with E-state index < -0.39 is 0 Å². The van der Waals surface area contributed by atoms with Crippen LogP contribution < -0.4 is 11.2 Å². The van der Waals surface area contributed by atoms with Gasteiger partial charge in [-0.25, -0.2) is 14.9 Å². The van der Waals surface area contributed by atoms with Crippen LogP contribution in [0.3, 0.4) is 0 Å². The summed E-state index contributed by atoms with van der Waals surface area (Å²) in [6.07, 6.45) is 1.62. The van der Waals surface area contributed by atoms with Crippen LogP contribution in [0.25, 0.3) is 21.3 Å². The van der Waals surface area contributed by atoms with Crippen LogP contribution in [-0.4, -0.2) is 24.7 Å². The lowest BCUT2D eigenvalue weighted by Gasteiger charge is -2.04. The molecule has 1 aromatic carbocycles. The standard InChI is InChI=1S/C18H14ClN5O2S2/c1-2-7-24-17(26)22-23-18(24)28-9-13-20-15(25)14-11(8-27-16(14)21-13)10-5-3-4-6-12(10)19/h2-6,8H,1,7,9H2,(H,22,26)(H,20,21,25). The molecule has 0 bridgehead atoms. The van der Waals surface area contributed by atoms with E-state index in [1.165, 1.54) is 27.7 Å². The smallest absolute Gasteiger partial charge is 0.309 e. The highest BCUT2D eigenvalue weighted by Gasteiger charge is 2.15. The Morgan fingerprint density at radius 1 is 1.29 bits per heavy atom. The number of thioether (sulfide) groups is 1. The molecule has 3 heterocycles. The van der Waals surface area contributed by atoms with Gasteiger partial charge in [-0.1, -0.05) is 47.6 Å². The van der Waals surface area contributed by atoms with Gasteiger partial charge in [0.15, 0.2) is 5.16 Å². The molecule has 0 amide bonds. The van der Waals surface area contributed by atoms with E-state index in [4.69, 9.17) is 11.6 Å². The summed E-state index contributed by atoms with van der Waals surface area (Å²) in [7, 11) is 0. The molecule has 3 aromatic heterocycles. The Kier molecular flexibility index (Phi) is 5.21. The molecule has 4 rings (SSSR count). The average molecular weight is 432 g/mol. The first kappa shape index (κ1) is 18.7. The molecule has 4 aromatic rings. The van der Waals surface area contributed by atoms with Gasteiger partial charge in [-0.05, 0) is 6.07 Å². The molecule has 0 spiro atoms. The third kappa shape index (κ3) is 3.44. The van der Waals surface area contributed by atoms with Gasteiger partial charge in [0.05, 0.1) is 11.1 Å². The van der Waals surface area contributed by atoms with Crippen molar-refractivity contribution in [2.45, 2.75) is 17.5 Å². The van der Waals surface area contributed by atoms with Crippen LogP contribution in [0.1, 0.15) is 5.82 Å². The Labute approximate surface area is 172 Å². The van der Waals surface area contributed by atoms with E-state index in [1.54, 1.807) is 12.1 Å². The van der Waals surface area contributed by atoms with E-state index in [0.717, 1.165) is 11.1 Å². The van der Waals surface area contributed by atoms with Gasteiger partial charge in [-0.15, -0.1) is 23.0 Å². The van der Waals surface area contributed by atoms with E-state index in [2.05, 4.69) is 26.7 Å². The lowest BCUT2D eigenvalue weighted by atomic mass is 10.1. The zero-order valence-corrected chi connectivity index (χ0v) is 16.8. The van der Waals surface area contributed by atoms with Gasteiger partial charge in [0.25, 0.3) is 5.56 Å². The number of nitrogens with one attached hydrogen (secondary N) is 2. The summed E-state index contributed by atoms with van der Waals surface area (Å²) in [6.45, 7) is 3.99. The van der Waals surface area contributed by atoms with Crippen molar-refractivity contribution in [3.05, 3.63) is 74.0 Å². The largest absolute Gasteiger partial charge is 0.344 e. The Hall–Kier alpha value is -2.62. The second-order valence-corrected chi connectivity index (χ2v) is 8.03. The van der Waals surface area contributed by atoms with Crippen molar-refractivity contribution in [3.63, 3.8) is 0 Å². The van der Waals surface area contributed by atoms with Crippen LogP contribution >= 0.6 is 34.7 Å². The van der Waals surface area contributed by atoms with Crippen LogP contribution in [0, 0.1) is 0 Å². The quantitative estimate of drug-likeness (QED) is 0.358. The Morgan fingerprint density at radius 2 is 2.11 bits per heavy atom. The summed E-state index contributed by atoms with van der Waals surface area (Å²) in [5, 5.41) is 9.91. The maximum atomic E-state index is 12.7. The van der Waals surface area contributed by atoms with Crippen molar-refractivity contribution in [3.8, 4) is 11.1 Å². The van der Waals surface area contributed by atoms with Crippen molar-refractivity contribution in [1.29, 1.82) is 0 Å². The molecule has 0 aliphatic rings. The molecule has 2 N–H and O–H groups in total. The van der Waals surface area contributed by atoms with E-state index >= 15 is 0 Å². The summed E-state index contributed by atoms with van der Waals surface area (Å²) in [5.74, 6) is 0.877.